The SMILES string of the molecule is Cc1cccc(-c2nnc(SCC(=O)N3CCc4ccccc4C3)o2)c1. The molecule has 0 spiro atoms. The van der Waals surface area contributed by atoms with Crippen LogP contribution in [0.3, 0.4) is 0 Å². The van der Waals surface area contributed by atoms with Gasteiger partial charge in [-0.1, -0.05) is 53.7 Å². The maximum atomic E-state index is 12.5. The number of carbonyl (C=O) groups is 1. The molecule has 6 heteroatoms. The van der Waals surface area contributed by atoms with E-state index in [-0.39, 0.29) is 5.91 Å². The molecule has 1 aliphatic heterocycles. The van der Waals surface area contributed by atoms with Gasteiger partial charge in [0.25, 0.3) is 5.22 Å². The lowest BCUT2D eigenvalue weighted by Gasteiger charge is -2.28. The maximum Gasteiger partial charge on any atom is 0.277 e. The predicted octanol–water partition coefficient (Wildman–Crippen LogP) is 3.72. The van der Waals surface area contributed by atoms with Gasteiger partial charge in [0, 0.05) is 18.7 Å². The Kier molecular flexibility index (Phi) is 4.75. The third kappa shape index (κ3) is 3.65. The Morgan fingerprint density at radius 3 is 2.85 bits per heavy atom. The number of aromatic nitrogens is 2. The summed E-state index contributed by atoms with van der Waals surface area (Å²) in [4.78, 5) is 14.4. The van der Waals surface area contributed by atoms with E-state index in [1.54, 1.807) is 0 Å². The number of rotatable bonds is 4. The number of amides is 1. The van der Waals surface area contributed by atoms with Crippen LogP contribution in [0.1, 0.15) is 16.7 Å². The number of thioether (sulfide) groups is 1. The lowest BCUT2D eigenvalue weighted by Crippen LogP contribution is -2.37. The van der Waals surface area contributed by atoms with Crippen LogP contribution in [0, 0.1) is 6.92 Å². The molecular weight excluding hydrogens is 346 g/mol. The van der Waals surface area contributed by atoms with Gasteiger partial charge in [-0.15, -0.1) is 10.2 Å². The largest absolute Gasteiger partial charge is 0.411 e. The second kappa shape index (κ2) is 7.33. The van der Waals surface area contributed by atoms with Gasteiger partial charge in [-0.2, -0.15) is 0 Å². The van der Waals surface area contributed by atoms with Crippen molar-refractivity contribution in [1.29, 1.82) is 0 Å². The smallest absolute Gasteiger partial charge is 0.277 e. The molecule has 5 nitrogen and oxygen atoms in total. The summed E-state index contributed by atoms with van der Waals surface area (Å²) >= 11 is 1.29. The van der Waals surface area contributed by atoms with Crippen LogP contribution in [0.4, 0.5) is 0 Å². The molecule has 0 bridgehead atoms. The van der Waals surface area contributed by atoms with Crippen molar-refractivity contribution in [3.05, 3.63) is 65.2 Å². The third-order valence-corrected chi connectivity index (χ3v) is 5.28. The summed E-state index contributed by atoms with van der Waals surface area (Å²) in [6.07, 6.45) is 0.907. The first-order chi connectivity index (χ1) is 12.7. The molecule has 2 aromatic carbocycles. The zero-order valence-corrected chi connectivity index (χ0v) is 15.3. The van der Waals surface area contributed by atoms with Crippen molar-refractivity contribution < 1.29 is 9.21 Å². The first kappa shape index (κ1) is 16.8. The maximum absolute atomic E-state index is 12.5. The normalized spacial score (nSPS) is 13.5. The number of aryl methyl sites for hydroxylation is 1. The molecule has 0 radical (unpaired) electrons. The van der Waals surface area contributed by atoms with Crippen molar-refractivity contribution >= 4 is 17.7 Å². The van der Waals surface area contributed by atoms with Gasteiger partial charge >= 0.3 is 0 Å². The van der Waals surface area contributed by atoms with Crippen LogP contribution in [0.5, 0.6) is 0 Å². The Morgan fingerprint density at radius 1 is 1.15 bits per heavy atom. The summed E-state index contributed by atoms with van der Waals surface area (Å²) in [7, 11) is 0. The summed E-state index contributed by atoms with van der Waals surface area (Å²) in [5.74, 6) is 0.882. The summed E-state index contributed by atoms with van der Waals surface area (Å²) in [6.45, 7) is 3.45. The van der Waals surface area contributed by atoms with Crippen LogP contribution < -0.4 is 0 Å². The molecule has 0 saturated carbocycles. The van der Waals surface area contributed by atoms with Crippen molar-refractivity contribution in [3.63, 3.8) is 0 Å². The highest BCUT2D eigenvalue weighted by atomic mass is 32.2. The lowest BCUT2D eigenvalue weighted by atomic mass is 10.00. The van der Waals surface area contributed by atoms with Gasteiger partial charge in [0.1, 0.15) is 0 Å². The van der Waals surface area contributed by atoms with E-state index in [0.29, 0.717) is 23.4 Å². The van der Waals surface area contributed by atoms with Crippen molar-refractivity contribution in [3.8, 4) is 11.5 Å². The molecule has 0 unspecified atom stereocenters. The van der Waals surface area contributed by atoms with Gasteiger partial charge in [0.15, 0.2) is 0 Å². The fourth-order valence-corrected chi connectivity index (χ4v) is 3.75. The van der Waals surface area contributed by atoms with E-state index < -0.39 is 0 Å². The first-order valence-electron chi connectivity index (χ1n) is 8.57. The number of hydrogen-bond acceptors (Lipinski definition) is 5. The standard InChI is InChI=1S/C20H19N3O2S/c1-14-5-4-8-16(11-14)19-21-22-20(25-19)26-13-18(24)23-10-9-15-6-2-3-7-17(15)12-23/h2-8,11H,9-10,12-13H2,1H3. The number of carbonyl (C=O) groups excluding carboxylic acids is 1. The average Bonchev–Trinajstić information content (AvgIpc) is 3.15. The second-order valence-electron chi connectivity index (χ2n) is 6.37. The van der Waals surface area contributed by atoms with E-state index in [1.807, 2.05) is 48.2 Å². The molecule has 1 aliphatic rings. The molecule has 1 amide bonds. The van der Waals surface area contributed by atoms with Crippen LogP contribution >= 0.6 is 11.8 Å². The molecule has 0 N–H and O–H groups in total. The zero-order chi connectivity index (χ0) is 17.9. The topological polar surface area (TPSA) is 59.2 Å². The van der Waals surface area contributed by atoms with Crippen LogP contribution in [-0.4, -0.2) is 33.3 Å². The van der Waals surface area contributed by atoms with Crippen LogP contribution in [-0.2, 0) is 17.8 Å². The lowest BCUT2D eigenvalue weighted by molar-refractivity contribution is -0.129. The van der Waals surface area contributed by atoms with Crippen LogP contribution in [0.2, 0.25) is 0 Å². The third-order valence-electron chi connectivity index (χ3n) is 4.47. The number of hydrogen-bond donors (Lipinski definition) is 0. The van der Waals surface area contributed by atoms with Gasteiger partial charge in [-0.3, -0.25) is 4.79 Å². The van der Waals surface area contributed by atoms with E-state index in [9.17, 15) is 4.79 Å². The quantitative estimate of drug-likeness (QED) is 0.660. The molecule has 0 aliphatic carbocycles. The molecule has 3 aromatic rings. The molecule has 0 saturated heterocycles. The fourth-order valence-electron chi connectivity index (χ4n) is 3.09. The van der Waals surface area contributed by atoms with Gasteiger partial charge in [0.05, 0.1) is 5.75 Å². The monoisotopic (exact) mass is 365 g/mol. The highest BCUT2D eigenvalue weighted by Crippen LogP contribution is 2.25. The van der Waals surface area contributed by atoms with Gasteiger partial charge in [0.2, 0.25) is 11.8 Å². The Labute approximate surface area is 156 Å². The molecule has 26 heavy (non-hydrogen) atoms. The molecule has 0 atom stereocenters. The number of fused-ring (bicyclic) bond motifs is 1. The van der Waals surface area contributed by atoms with E-state index in [1.165, 1.54) is 22.9 Å². The van der Waals surface area contributed by atoms with Crippen molar-refractivity contribution in [2.75, 3.05) is 12.3 Å². The van der Waals surface area contributed by atoms with E-state index in [2.05, 4.69) is 22.3 Å². The van der Waals surface area contributed by atoms with Gasteiger partial charge in [-0.05, 0) is 36.6 Å². The average molecular weight is 365 g/mol. The molecule has 4 rings (SSSR count). The fraction of sp³-hybridized carbons (Fsp3) is 0.250. The highest BCUT2D eigenvalue weighted by molar-refractivity contribution is 7.99. The van der Waals surface area contributed by atoms with Crippen molar-refractivity contribution in [2.24, 2.45) is 0 Å². The molecule has 0 fully saturated rings. The van der Waals surface area contributed by atoms with Crippen LogP contribution in [0.25, 0.3) is 11.5 Å². The zero-order valence-electron chi connectivity index (χ0n) is 14.5. The summed E-state index contributed by atoms with van der Waals surface area (Å²) in [5, 5.41) is 8.56. The Hall–Kier alpha value is -2.60. The molecular formula is C20H19N3O2S. The number of benzene rings is 2. The van der Waals surface area contributed by atoms with E-state index in [4.69, 9.17) is 4.42 Å². The number of nitrogens with zero attached hydrogens (tertiary/aromatic N) is 3. The van der Waals surface area contributed by atoms with Crippen LogP contribution in [0.15, 0.2) is 58.2 Å². The van der Waals surface area contributed by atoms with Gasteiger partial charge < -0.3 is 9.32 Å². The molecule has 132 valence electrons. The summed E-state index contributed by atoms with van der Waals surface area (Å²) < 4.78 is 5.69. The van der Waals surface area contributed by atoms with Crippen molar-refractivity contribution in [1.82, 2.24) is 15.1 Å². The van der Waals surface area contributed by atoms with E-state index in [0.717, 1.165) is 24.1 Å². The highest BCUT2D eigenvalue weighted by Gasteiger charge is 2.21. The van der Waals surface area contributed by atoms with E-state index >= 15 is 0 Å². The van der Waals surface area contributed by atoms with Crippen molar-refractivity contribution in [2.45, 2.75) is 25.1 Å². The minimum atomic E-state index is 0.0970. The van der Waals surface area contributed by atoms with Gasteiger partial charge in [-0.25, -0.2) is 0 Å². The predicted molar refractivity (Wildman–Crippen MR) is 101 cm³/mol. The minimum Gasteiger partial charge on any atom is -0.411 e. The minimum absolute atomic E-state index is 0.0970. The first-order valence-corrected chi connectivity index (χ1v) is 9.55. The Bertz CT molecular complexity index is 938. The summed E-state index contributed by atoms with van der Waals surface area (Å²) in [5.41, 5.74) is 4.60. The summed E-state index contributed by atoms with van der Waals surface area (Å²) in [6, 6.07) is 16.2. The molecule has 1 aromatic heterocycles. The molecule has 2 heterocycles. The Balaban J connectivity index is 1.37. The Morgan fingerprint density at radius 2 is 2.00 bits per heavy atom. The second-order valence-corrected chi connectivity index (χ2v) is 7.29.